The number of benzene rings is 6. The minimum absolute atomic E-state index is 1.14. The average Bonchev–Trinajstić information content (AvgIpc) is 2.94. The lowest BCUT2D eigenvalue weighted by Crippen LogP contribution is -2.13. The number of anilines is 5. The van der Waals surface area contributed by atoms with Gasteiger partial charge in [-0.3, -0.25) is 0 Å². The van der Waals surface area contributed by atoms with Gasteiger partial charge in [0.2, 0.25) is 0 Å². The molecular weight excluding hydrogens is 424 g/mol. The van der Waals surface area contributed by atoms with Crippen LogP contribution in [0.3, 0.4) is 0 Å². The molecule has 0 heterocycles. The number of para-hydroxylation sites is 2. The van der Waals surface area contributed by atoms with E-state index in [4.69, 9.17) is 0 Å². The zero-order chi connectivity index (χ0) is 23.6. The summed E-state index contributed by atoms with van der Waals surface area (Å²) in [5.74, 6) is 0. The van der Waals surface area contributed by atoms with Crippen molar-refractivity contribution >= 4 is 50.0 Å². The Morgan fingerprint density at radius 2 is 0.914 bits per heavy atom. The number of hydrogen-bond donors (Lipinski definition) is 0. The van der Waals surface area contributed by atoms with Gasteiger partial charge in [0.05, 0.1) is 5.69 Å². The molecule has 0 aliphatic heterocycles. The second kappa shape index (κ2) is 9.00. The highest BCUT2D eigenvalue weighted by Crippen LogP contribution is 2.42. The van der Waals surface area contributed by atoms with Crippen LogP contribution in [0.5, 0.6) is 0 Å². The van der Waals surface area contributed by atoms with Crippen molar-refractivity contribution in [1.82, 2.24) is 0 Å². The fraction of sp³-hybridized carbons (Fsp3) is 0.0303. The maximum Gasteiger partial charge on any atom is 0.0541 e. The Bertz CT molecular complexity index is 1570. The Morgan fingerprint density at radius 3 is 1.57 bits per heavy atom. The molecule has 0 aromatic heterocycles. The molecule has 0 bridgehead atoms. The van der Waals surface area contributed by atoms with Crippen molar-refractivity contribution in [1.29, 1.82) is 0 Å². The highest BCUT2D eigenvalue weighted by molar-refractivity contribution is 6.06. The molecule has 0 amide bonds. The molecule has 0 unspecified atom stereocenters. The van der Waals surface area contributed by atoms with Gasteiger partial charge in [0.1, 0.15) is 0 Å². The third kappa shape index (κ3) is 3.89. The molecular formula is C33H26N2. The van der Waals surface area contributed by atoms with E-state index in [0.29, 0.717) is 0 Å². The predicted molar refractivity (Wildman–Crippen MR) is 151 cm³/mol. The van der Waals surface area contributed by atoms with Crippen molar-refractivity contribution in [3.63, 3.8) is 0 Å². The maximum absolute atomic E-state index is 2.34. The SMILES string of the molecule is CN(c1ccc2ccccc2c1)c1ccc(N(c2ccccc2)c2ccccc2)c2ccccc12. The van der Waals surface area contributed by atoms with Crippen molar-refractivity contribution < 1.29 is 0 Å². The van der Waals surface area contributed by atoms with Crippen LogP contribution in [0.2, 0.25) is 0 Å². The third-order valence-electron chi connectivity index (χ3n) is 6.63. The first-order valence-electron chi connectivity index (χ1n) is 11.9. The molecule has 6 aromatic rings. The first-order chi connectivity index (χ1) is 17.3. The Balaban J connectivity index is 1.52. The van der Waals surface area contributed by atoms with E-state index in [0.717, 1.165) is 17.1 Å². The summed E-state index contributed by atoms with van der Waals surface area (Å²) >= 11 is 0. The van der Waals surface area contributed by atoms with Crippen molar-refractivity contribution in [2.45, 2.75) is 0 Å². The lowest BCUT2D eigenvalue weighted by Gasteiger charge is -2.29. The van der Waals surface area contributed by atoms with E-state index < -0.39 is 0 Å². The van der Waals surface area contributed by atoms with Gasteiger partial charge < -0.3 is 9.80 Å². The minimum atomic E-state index is 1.14. The predicted octanol–water partition coefficient (Wildman–Crippen LogP) is 9.23. The summed E-state index contributed by atoms with van der Waals surface area (Å²) in [6, 6.07) is 49.5. The van der Waals surface area contributed by atoms with Crippen LogP contribution >= 0.6 is 0 Å². The van der Waals surface area contributed by atoms with E-state index in [1.807, 2.05) is 0 Å². The molecule has 2 nitrogen and oxygen atoms in total. The van der Waals surface area contributed by atoms with Gasteiger partial charge in [-0.15, -0.1) is 0 Å². The highest BCUT2D eigenvalue weighted by atomic mass is 15.1. The maximum atomic E-state index is 2.34. The van der Waals surface area contributed by atoms with Gasteiger partial charge in [0.15, 0.2) is 0 Å². The van der Waals surface area contributed by atoms with Gasteiger partial charge in [-0.05, 0) is 59.3 Å². The molecule has 0 saturated carbocycles. The molecule has 2 heteroatoms. The second-order valence-corrected chi connectivity index (χ2v) is 8.75. The van der Waals surface area contributed by atoms with Crippen LogP contribution < -0.4 is 9.80 Å². The first kappa shape index (κ1) is 21.0. The molecule has 0 saturated heterocycles. The van der Waals surface area contributed by atoms with E-state index in [1.54, 1.807) is 0 Å². The summed E-state index contributed by atoms with van der Waals surface area (Å²) in [5.41, 5.74) is 5.79. The number of nitrogens with zero attached hydrogens (tertiary/aromatic N) is 2. The fourth-order valence-corrected chi connectivity index (χ4v) is 4.86. The Morgan fingerprint density at radius 1 is 0.400 bits per heavy atom. The van der Waals surface area contributed by atoms with Crippen LogP contribution in [-0.2, 0) is 0 Å². The van der Waals surface area contributed by atoms with Gasteiger partial charge in [-0.2, -0.15) is 0 Å². The van der Waals surface area contributed by atoms with Gasteiger partial charge in [0.25, 0.3) is 0 Å². The Kier molecular flexibility index (Phi) is 5.40. The van der Waals surface area contributed by atoms with Crippen LogP contribution in [0, 0.1) is 0 Å². The van der Waals surface area contributed by atoms with Crippen molar-refractivity contribution in [2.24, 2.45) is 0 Å². The monoisotopic (exact) mass is 450 g/mol. The summed E-state index contributed by atoms with van der Waals surface area (Å²) < 4.78 is 0. The van der Waals surface area contributed by atoms with Crippen LogP contribution in [0.4, 0.5) is 28.4 Å². The van der Waals surface area contributed by atoms with Gasteiger partial charge in [-0.1, -0.05) is 91.0 Å². The van der Waals surface area contributed by atoms with E-state index in [-0.39, 0.29) is 0 Å². The number of hydrogen-bond acceptors (Lipinski definition) is 2. The standard InChI is InChI=1S/C33H26N2/c1-34(29-21-20-25-12-8-9-13-26(25)24-29)32-22-23-33(31-19-11-10-18-30(31)32)35(27-14-4-2-5-15-27)28-16-6-3-7-17-28/h2-24H,1H3. The summed E-state index contributed by atoms with van der Waals surface area (Å²) in [4.78, 5) is 4.62. The van der Waals surface area contributed by atoms with E-state index in [9.17, 15) is 0 Å². The molecule has 0 spiro atoms. The van der Waals surface area contributed by atoms with Gasteiger partial charge in [0, 0.05) is 40.6 Å². The topological polar surface area (TPSA) is 6.48 Å². The van der Waals surface area contributed by atoms with Crippen molar-refractivity contribution in [2.75, 3.05) is 16.8 Å². The lowest BCUT2D eigenvalue weighted by atomic mass is 10.0. The van der Waals surface area contributed by atoms with Crippen LogP contribution in [0.1, 0.15) is 0 Å². The molecule has 0 aliphatic rings. The fourth-order valence-electron chi connectivity index (χ4n) is 4.86. The van der Waals surface area contributed by atoms with Crippen LogP contribution in [0.25, 0.3) is 21.5 Å². The van der Waals surface area contributed by atoms with Gasteiger partial charge in [-0.25, -0.2) is 0 Å². The van der Waals surface area contributed by atoms with Gasteiger partial charge >= 0.3 is 0 Å². The van der Waals surface area contributed by atoms with E-state index >= 15 is 0 Å². The zero-order valence-electron chi connectivity index (χ0n) is 19.7. The van der Waals surface area contributed by atoms with E-state index in [2.05, 4.69) is 156 Å². The molecule has 0 atom stereocenters. The Hall–Kier alpha value is -4.56. The highest BCUT2D eigenvalue weighted by Gasteiger charge is 2.17. The van der Waals surface area contributed by atoms with Crippen LogP contribution in [-0.4, -0.2) is 7.05 Å². The van der Waals surface area contributed by atoms with E-state index in [1.165, 1.54) is 32.9 Å². The summed E-state index contributed by atoms with van der Waals surface area (Å²) in [7, 11) is 2.15. The molecule has 6 rings (SSSR count). The largest absolute Gasteiger partial charge is 0.344 e. The average molecular weight is 451 g/mol. The molecule has 0 aliphatic carbocycles. The third-order valence-corrected chi connectivity index (χ3v) is 6.63. The molecule has 168 valence electrons. The zero-order valence-corrected chi connectivity index (χ0v) is 19.7. The smallest absolute Gasteiger partial charge is 0.0541 e. The molecule has 0 N–H and O–H groups in total. The van der Waals surface area contributed by atoms with Crippen LogP contribution in [0.15, 0.2) is 140 Å². The number of rotatable bonds is 5. The minimum Gasteiger partial charge on any atom is -0.344 e. The molecule has 0 radical (unpaired) electrons. The lowest BCUT2D eigenvalue weighted by molar-refractivity contribution is 1.22. The molecule has 35 heavy (non-hydrogen) atoms. The quantitative estimate of drug-likeness (QED) is 0.258. The van der Waals surface area contributed by atoms with Crippen molar-refractivity contribution in [3.05, 3.63) is 140 Å². The number of fused-ring (bicyclic) bond motifs is 2. The second-order valence-electron chi connectivity index (χ2n) is 8.75. The summed E-state index contributed by atoms with van der Waals surface area (Å²) in [6.07, 6.45) is 0. The Labute approximate surface area is 206 Å². The molecule has 6 aromatic carbocycles. The first-order valence-corrected chi connectivity index (χ1v) is 11.9. The normalized spacial score (nSPS) is 11.0. The summed E-state index contributed by atoms with van der Waals surface area (Å²) in [6.45, 7) is 0. The summed E-state index contributed by atoms with van der Waals surface area (Å²) in [5, 5.41) is 4.94. The molecule has 0 fully saturated rings. The van der Waals surface area contributed by atoms with Crippen molar-refractivity contribution in [3.8, 4) is 0 Å².